The molecule has 2 heterocycles. The van der Waals surface area contributed by atoms with Crippen LogP contribution < -0.4 is 14.2 Å². The summed E-state index contributed by atoms with van der Waals surface area (Å²) in [7, 11) is 3.24. The fraction of sp³-hybridized carbons (Fsp3) is 0.167. The van der Waals surface area contributed by atoms with Crippen LogP contribution >= 0.6 is 0 Å². The van der Waals surface area contributed by atoms with Gasteiger partial charge in [0.05, 0.1) is 14.2 Å². The molecule has 0 aliphatic carbocycles. The van der Waals surface area contributed by atoms with Gasteiger partial charge in [-0.25, -0.2) is 9.97 Å². The van der Waals surface area contributed by atoms with Crippen molar-refractivity contribution in [1.29, 1.82) is 0 Å². The maximum atomic E-state index is 5.95. The molecule has 0 saturated heterocycles. The van der Waals surface area contributed by atoms with Crippen LogP contribution in [-0.2, 0) is 13.2 Å². The number of benzene rings is 2. The van der Waals surface area contributed by atoms with Crippen LogP contribution in [0.25, 0.3) is 11.4 Å². The van der Waals surface area contributed by atoms with Crippen LogP contribution in [0.4, 0.5) is 0 Å². The zero-order valence-corrected chi connectivity index (χ0v) is 17.0. The van der Waals surface area contributed by atoms with Crippen molar-refractivity contribution in [2.24, 2.45) is 0 Å². The maximum Gasteiger partial charge on any atom is 0.212 e. The Morgan fingerprint density at radius 2 is 1.67 bits per heavy atom. The van der Waals surface area contributed by atoms with Gasteiger partial charge in [-0.3, -0.25) is 0 Å². The Bertz CT molecular complexity index is 1090. The van der Waals surface area contributed by atoms with Gasteiger partial charge in [0.25, 0.3) is 0 Å². The lowest BCUT2D eigenvalue weighted by atomic mass is 10.1. The average Bonchev–Trinajstić information content (AvgIpc) is 3.27. The van der Waals surface area contributed by atoms with Crippen molar-refractivity contribution >= 4 is 0 Å². The summed E-state index contributed by atoms with van der Waals surface area (Å²) in [6, 6.07) is 19.9. The quantitative estimate of drug-likeness (QED) is 0.432. The molecule has 0 atom stereocenters. The van der Waals surface area contributed by atoms with E-state index in [-0.39, 0.29) is 0 Å². The normalized spacial score (nSPS) is 10.6. The van der Waals surface area contributed by atoms with Crippen LogP contribution in [0.15, 0.2) is 79.3 Å². The average molecular weight is 401 g/mol. The number of rotatable bonds is 8. The van der Waals surface area contributed by atoms with Gasteiger partial charge in [-0.2, -0.15) is 0 Å². The summed E-state index contributed by atoms with van der Waals surface area (Å²) in [4.78, 5) is 8.71. The molecular formula is C24H23N3O3. The molecule has 6 heteroatoms. The third-order valence-electron chi connectivity index (χ3n) is 4.73. The first kappa shape index (κ1) is 19.5. The Morgan fingerprint density at radius 3 is 2.40 bits per heavy atom. The van der Waals surface area contributed by atoms with Crippen molar-refractivity contribution < 1.29 is 14.2 Å². The first-order valence-electron chi connectivity index (χ1n) is 9.62. The minimum absolute atomic E-state index is 0.395. The van der Waals surface area contributed by atoms with Gasteiger partial charge in [0.15, 0.2) is 11.5 Å². The second-order valence-corrected chi connectivity index (χ2v) is 6.73. The number of nitrogens with zero attached hydrogens (tertiary/aromatic N) is 3. The molecular weight excluding hydrogens is 378 g/mol. The molecule has 0 amide bonds. The summed E-state index contributed by atoms with van der Waals surface area (Å²) in [6.07, 6.45) is 5.54. The van der Waals surface area contributed by atoms with Gasteiger partial charge in [-0.15, -0.1) is 0 Å². The maximum absolute atomic E-state index is 5.95. The summed E-state index contributed by atoms with van der Waals surface area (Å²) in [6.45, 7) is 1.08. The van der Waals surface area contributed by atoms with E-state index in [2.05, 4.69) is 26.7 Å². The molecule has 0 aliphatic heterocycles. The lowest BCUT2D eigenvalue weighted by molar-refractivity contribution is 0.283. The smallest absolute Gasteiger partial charge is 0.212 e. The first-order valence-corrected chi connectivity index (χ1v) is 9.62. The number of aromatic nitrogens is 3. The van der Waals surface area contributed by atoms with Crippen LogP contribution in [0.2, 0.25) is 0 Å². The van der Waals surface area contributed by atoms with E-state index in [4.69, 9.17) is 14.2 Å². The second kappa shape index (κ2) is 9.13. The molecule has 0 spiro atoms. The Labute approximate surface area is 175 Å². The number of hydrogen-bond acceptors (Lipinski definition) is 5. The standard InChI is InChI=1S/C24H23N3O3/c1-28-22-14-18(16-27-13-12-25-24(27)20-6-4-3-5-7-20)8-10-21(22)30-17-19-9-11-23(29-2)26-15-19/h3-15H,16-17H2,1-2H3. The highest BCUT2D eigenvalue weighted by atomic mass is 16.5. The monoisotopic (exact) mass is 401 g/mol. The number of imidazole rings is 1. The van der Waals surface area contributed by atoms with Crippen LogP contribution in [0.5, 0.6) is 17.4 Å². The summed E-state index contributed by atoms with van der Waals surface area (Å²) in [5.74, 6) is 2.89. The largest absolute Gasteiger partial charge is 0.493 e. The van der Waals surface area contributed by atoms with Crippen molar-refractivity contribution in [3.63, 3.8) is 0 Å². The molecule has 2 aromatic heterocycles. The summed E-state index contributed by atoms with van der Waals surface area (Å²) >= 11 is 0. The van der Waals surface area contributed by atoms with Gasteiger partial charge >= 0.3 is 0 Å². The Kier molecular flexibility index (Phi) is 5.94. The molecule has 0 fully saturated rings. The number of pyridine rings is 1. The molecule has 30 heavy (non-hydrogen) atoms. The van der Waals surface area contributed by atoms with E-state index < -0.39 is 0 Å². The topological polar surface area (TPSA) is 58.4 Å². The Hall–Kier alpha value is -3.80. The molecule has 2 aromatic carbocycles. The molecule has 0 unspecified atom stereocenters. The number of methoxy groups -OCH3 is 2. The van der Waals surface area contributed by atoms with E-state index in [1.807, 2.05) is 60.9 Å². The van der Waals surface area contributed by atoms with Crippen molar-refractivity contribution in [2.75, 3.05) is 14.2 Å². The lowest BCUT2D eigenvalue weighted by Gasteiger charge is -2.13. The second-order valence-electron chi connectivity index (χ2n) is 6.73. The predicted molar refractivity (Wildman–Crippen MR) is 115 cm³/mol. The Balaban J connectivity index is 1.48. The van der Waals surface area contributed by atoms with Crippen molar-refractivity contribution in [3.8, 4) is 28.8 Å². The van der Waals surface area contributed by atoms with E-state index in [0.717, 1.165) is 22.5 Å². The summed E-state index contributed by atoms with van der Waals surface area (Å²) in [5.41, 5.74) is 3.14. The minimum atomic E-state index is 0.395. The van der Waals surface area contributed by atoms with Gasteiger partial charge in [-0.05, 0) is 23.8 Å². The van der Waals surface area contributed by atoms with Crippen LogP contribution in [-0.4, -0.2) is 28.8 Å². The van der Waals surface area contributed by atoms with Crippen molar-refractivity contribution in [2.45, 2.75) is 13.2 Å². The van der Waals surface area contributed by atoms with Crippen LogP contribution in [0.3, 0.4) is 0 Å². The molecule has 4 rings (SSSR count). The molecule has 0 aliphatic rings. The fourth-order valence-electron chi connectivity index (χ4n) is 3.19. The van der Waals surface area contributed by atoms with E-state index in [1.165, 1.54) is 0 Å². The SMILES string of the molecule is COc1ccc(COc2ccc(Cn3ccnc3-c3ccccc3)cc2OC)cn1. The van der Waals surface area contributed by atoms with Gasteiger partial charge in [0, 0.05) is 42.3 Å². The number of ether oxygens (including phenoxy) is 3. The van der Waals surface area contributed by atoms with E-state index in [9.17, 15) is 0 Å². The van der Waals surface area contributed by atoms with Gasteiger partial charge in [-0.1, -0.05) is 36.4 Å². The molecule has 4 aromatic rings. The highest BCUT2D eigenvalue weighted by Crippen LogP contribution is 2.30. The third-order valence-corrected chi connectivity index (χ3v) is 4.73. The third kappa shape index (κ3) is 4.43. The highest BCUT2D eigenvalue weighted by Gasteiger charge is 2.10. The molecule has 0 radical (unpaired) electrons. The summed E-state index contributed by atoms with van der Waals surface area (Å²) < 4.78 is 18.7. The van der Waals surface area contributed by atoms with Gasteiger partial charge < -0.3 is 18.8 Å². The highest BCUT2D eigenvalue weighted by molar-refractivity contribution is 5.55. The number of hydrogen-bond donors (Lipinski definition) is 0. The summed E-state index contributed by atoms with van der Waals surface area (Å²) in [5, 5.41) is 0. The van der Waals surface area contributed by atoms with Crippen LogP contribution in [0.1, 0.15) is 11.1 Å². The van der Waals surface area contributed by atoms with Crippen molar-refractivity contribution in [1.82, 2.24) is 14.5 Å². The molecule has 0 saturated carbocycles. The van der Waals surface area contributed by atoms with E-state index in [1.54, 1.807) is 20.4 Å². The fourth-order valence-corrected chi connectivity index (χ4v) is 3.19. The van der Waals surface area contributed by atoms with Gasteiger partial charge in [0.1, 0.15) is 12.4 Å². The van der Waals surface area contributed by atoms with Gasteiger partial charge in [0.2, 0.25) is 5.88 Å². The van der Waals surface area contributed by atoms with E-state index >= 15 is 0 Å². The lowest BCUT2D eigenvalue weighted by Crippen LogP contribution is -2.03. The zero-order chi connectivity index (χ0) is 20.8. The van der Waals surface area contributed by atoms with Crippen LogP contribution in [0, 0.1) is 0 Å². The Morgan fingerprint density at radius 1 is 0.833 bits per heavy atom. The minimum Gasteiger partial charge on any atom is -0.493 e. The predicted octanol–water partition coefficient (Wildman–Crippen LogP) is 4.59. The zero-order valence-electron chi connectivity index (χ0n) is 17.0. The molecule has 0 N–H and O–H groups in total. The van der Waals surface area contributed by atoms with E-state index in [0.29, 0.717) is 30.5 Å². The molecule has 152 valence electrons. The van der Waals surface area contributed by atoms with Crippen molar-refractivity contribution in [3.05, 3.63) is 90.4 Å². The molecule has 6 nitrogen and oxygen atoms in total. The molecule has 0 bridgehead atoms. The first-order chi connectivity index (χ1) is 14.8.